The maximum absolute atomic E-state index is 12.9. The smallest absolute Gasteiger partial charge is 0.414 e. The lowest BCUT2D eigenvalue weighted by molar-refractivity contribution is -0.151. The summed E-state index contributed by atoms with van der Waals surface area (Å²) in [6.07, 6.45) is 0.412. The van der Waals surface area contributed by atoms with Crippen LogP contribution in [-0.4, -0.2) is 71.1 Å². The predicted octanol–water partition coefficient (Wildman–Crippen LogP) is 4.04. The van der Waals surface area contributed by atoms with Gasteiger partial charge >= 0.3 is 18.2 Å². The lowest BCUT2D eigenvalue weighted by Gasteiger charge is -2.36. The number of hydrogen-bond donors (Lipinski definition) is 4. The van der Waals surface area contributed by atoms with Gasteiger partial charge in [0.1, 0.15) is 11.2 Å². The Morgan fingerprint density at radius 1 is 0.902 bits per heavy atom. The Labute approximate surface area is 244 Å². The zero-order valence-corrected chi connectivity index (χ0v) is 26.5. The molecule has 12 nitrogen and oxygen atoms in total. The second-order valence-corrected chi connectivity index (χ2v) is 12.5. The van der Waals surface area contributed by atoms with E-state index in [1.165, 1.54) is 6.92 Å². The summed E-state index contributed by atoms with van der Waals surface area (Å²) in [7, 11) is 0. The second-order valence-electron chi connectivity index (χ2n) is 12.5. The van der Waals surface area contributed by atoms with E-state index in [0.717, 1.165) is 25.7 Å². The SMILES string of the molecule is CCCC(CCC)C(NC(C)=O)[C@H]1[C@@H](O)[C@H](C(=O)OCC)C[C@@H]1N=C(NC(=O)OC(C)(C)C)NC(=O)OC(C)(C)C. The average molecular weight is 585 g/mol. The lowest BCUT2D eigenvalue weighted by Crippen LogP contribution is -2.52. The van der Waals surface area contributed by atoms with Gasteiger partial charge in [0.05, 0.1) is 24.7 Å². The van der Waals surface area contributed by atoms with Crippen molar-refractivity contribution >= 4 is 30.0 Å². The van der Waals surface area contributed by atoms with Crippen molar-refractivity contribution < 1.29 is 38.5 Å². The summed E-state index contributed by atoms with van der Waals surface area (Å²) in [4.78, 5) is 55.3. The van der Waals surface area contributed by atoms with Crippen LogP contribution in [-0.2, 0) is 23.8 Å². The summed E-state index contributed by atoms with van der Waals surface area (Å²) in [6.45, 7) is 17.5. The first-order valence-electron chi connectivity index (χ1n) is 14.6. The molecule has 0 aromatic rings. The highest BCUT2D eigenvalue weighted by Crippen LogP contribution is 2.40. The van der Waals surface area contributed by atoms with Crippen molar-refractivity contribution in [1.82, 2.24) is 16.0 Å². The second kappa shape index (κ2) is 15.9. The van der Waals surface area contributed by atoms with E-state index in [9.17, 15) is 24.3 Å². The third-order valence-electron chi connectivity index (χ3n) is 6.48. The van der Waals surface area contributed by atoms with Gasteiger partial charge < -0.3 is 24.6 Å². The lowest BCUT2D eigenvalue weighted by atomic mass is 9.79. The highest BCUT2D eigenvalue weighted by Gasteiger charge is 2.51. The fraction of sp³-hybridized carbons (Fsp3) is 0.828. The molecule has 0 aromatic heterocycles. The highest BCUT2D eigenvalue weighted by atomic mass is 16.6. The Bertz CT molecular complexity index is 887. The van der Waals surface area contributed by atoms with Crippen molar-refractivity contribution in [2.45, 2.75) is 131 Å². The molecule has 5 atom stereocenters. The number of nitrogens with zero attached hydrogens (tertiary/aromatic N) is 1. The molecule has 1 fully saturated rings. The van der Waals surface area contributed by atoms with Crippen molar-refractivity contribution in [3.63, 3.8) is 0 Å². The van der Waals surface area contributed by atoms with E-state index in [-0.39, 0.29) is 30.8 Å². The van der Waals surface area contributed by atoms with E-state index in [0.29, 0.717) is 0 Å². The first kappa shape index (κ1) is 36.1. The molecular weight excluding hydrogens is 532 g/mol. The molecule has 1 unspecified atom stereocenters. The van der Waals surface area contributed by atoms with Gasteiger partial charge in [-0.15, -0.1) is 0 Å². The quantitative estimate of drug-likeness (QED) is 0.129. The topological polar surface area (TPSA) is 165 Å². The maximum Gasteiger partial charge on any atom is 0.414 e. The van der Waals surface area contributed by atoms with Crippen molar-refractivity contribution in [2.24, 2.45) is 22.7 Å². The third kappa shape index (κ3) is 12.7. The Kier molecular flexibility index (Phi) is 14.0. The number of carbonyl (C=O) groups is 4. The zero-order valence-electron chi connectivity index (χ0n) is 26.5. The van der Waals surface area contributed by atoms with E-state index >= 15 is 0 Å². The summed E-state index contributed by atoms with van der Waals surface area (Å²) >= 11 is 0. The highest BCUT2D eigenvalue weighted by molar-refractivity contribution is 6.01. The number of carbonyl (C=O) groups excluding carboxylic acids is 4. The number of amides is 3. The number of aliphatic imine (C=N–C) groups is 1. The van der Waals surface area contributed by atoms with E-state index in [1.54, 1.807) is 48.5 Å². The molecule has 0 spiro atoms. The largest absolute Gasteiger partial charge is 0.466 e. The minimum atomic E-state index is -1.19. The average Bonchev–Trinajstić information content (AvgIpc) is 3.10. The molecule has 0 bridgehead atoms. The number of alkyl carbamates (subject to hydrolysis) is 2. The maximum atomic E-state index is 12.9. The van der Waals surface area contributed by atoms with Crippen molar-refractivity contribution in [1.29, 1.82) is 0 Å². The number of aliphatic hydroxyl groups excluding tert-OH is 1. The molecule has 236 valence electrons. The minimum absolute atomic E-state index is 0.00623. The molecule has 41 heavy (non-hydrogen) atoms. The number of hydrogen-bond acceptors (Lipinski definition) is 9. The molecule has 4 N–H and O–H groups in total. The first-order chi connectivity index (χ1) is 18.9. The van der Waals surface area contributed by atoms with Crippen LogP contribution in [0.3, 0.4) is 0 Å². The number of aliphatic hydroxyl groups is 1. The zero-order chi connectivity index (χ0) is 31.5. The third-order valence-corrected chi connectivity index (χ3v) is 6.48. The van der Waals surface area contributed by atoms with Crippen LogP contribution >= 0.6 is 0 Å². The summed E-state index contributed by atoms with van der Waals surface area (Å²) < 4.78 is 15.9. The van der Waals surface area contributed by atoms with Crippen LogP contribution in [0.25, 0.3) is 0 Å². The summed E-state index contributed by atoms with van der Waals surface area (Å²) in [5.41, 5.74) is -1.65. The molecule has 3 amide bonds. The summed E-state index contributed by atoms with van der Waals surface area (Å²) in [5, 5.41) is 19.5. The summed E-state index contributed by atoms with van der Waals surface area (Å²) in [5.74, 6) is -2.75. The normalized spacial score (nSPS) is 21.5. The van der Waals surface area contributed by atoms with Crippen molar-refractivity contribution in [3.05, 3.63) is 0 Å². The number of rotatable bonds is 10. The Hall–Kier alpha value is -2.89. The van der Waals surface area contributed by atoms with Gasteiger partial charge in [0.25, 0.3) is 0 Å². The minimum Gasteiger partial charge on any atom is -0.466 e. The molecule has 1 aliphatic rings. The van der Waals surface area contributed by atoms with Crippen molar-refractivity contribution in [2.75, 3.05) is 6.61 Å². The Morgan fingerprint density at radius 2 is 1.39 bits per heavy atom. The van der Waals surface area contributed by atoms with Gasteiger partial charge in [-0.1, -0.05) is 26.7 Å². The molecule has 0 saturated heterocycles. The van der Waals surface area contributed by atoms with Gasteiger partial charge in [-0.3, -0.25) is 20.2 Å². The number of ether oxygens (including phenoxy) is 3. The molecule has 0 heterocycles. The van der Waals surface area contributed by atoms with E-state index in [1.807, 2.05) is 13.8 Å². The van der Waals surface area contributed by atoms with Gasteiger partial charge in [0.2, 0.25) is 11.9 Å². The Balaban J connectivity index is 3.65. The molecule has 0 aliphatic heterocycles. The van der Waals surface area contributed by atoms with Crippen LogP contribution in [0, 0.1) is 17.8 Å². The molecule has 1 saturated carbocycles. The van der Waals surface area contributed by atoms with E-state index in [4.69, 9.17) is 14.2 Å². The molecule has 1 aliphatic carbocycles. The predicted molar refractivity (Wildman–Crippen MR) is 155 cm³/mol. The number of esters is 1. The van der Waals surface area contributed by atoms with Gasteiger partial charge in [-0.25, -0.2) is 14.6 Å². The van der Waals surface area contributed by atoms with Gasteiger partial charge in [0.15, 0.2) is 0 Å². The van der Waals surface area contributed by atoms with Gasteiger partial charge in [-0.2, -0.15) is 0 Å². The van der Waals surface area contributed by atoms with Crippen LogP contribution in [0.2, 0.25) is 0 Å². The van der Waals surface area contributed by atoms with E-state index in [2.05, 4.69) is 20.9 Å². The molecular formula is C29H52N4O8. The van der Waals surface area contributed by atoms with Crippen LogP contribution in [0.15, 0.2) is 4.99 Å². The molecule has 0 radical (unpaired) electrons. The van der Waals surface area contributed by atoms with Crippen molar-refractivity contribution in [3.8, 4) is 0 Å². The van der Waals surface area contributed by atoms with Gasteiger partial charge in [0, 0.05) is 18.9 Å². The standard InChI is InChI=1S/C29H52N4O8/c1-11-14-18(15-12-2)22(30-17(4)34)21-20(16-19(23(21)35)24(36)39-13-3)31-25(32-26(37)40-28(5,6)7)33-27(38)41-29(8,9)10/h18-23,35H,11-16H2,1-10H3,(H,30,34)(H2,31,32,33,37,38)/t19-,20+,21+,22?,23+/m1/s1. The van der Waals surface area contributed by atoms with Crippen LogP contribution in [0.1, 0.15) is 101 Å². The number of nitrogens with one attached hydrogen (secondary N) is 3. The van der Waals surface area contributed by atoms with Crippen LogP contribution in [0.5, 0.6) is 0 Å². The number of guanidine groups is 1. The molecule has 0 aromatic carbocycles. The molecule has 1 rings (SSSR count). The van der Waals surface area contributed by atoms with Gasteiger partial charge in [-0.05, 0) is 73.6 Å². The fourth-order valence-electron chi connectivity index (χ4n) is 5.20. The summed E-state index contributed by atoms with van der Waals surface area (Å²) in [6, 6.07) is -1.31. The van der Waals surface area contributed by atoms with Crippen LogP contribution < -0.4 is 16.0 Å². The van der Waals surface area contributed by atoms with Crippen LogP contribution in [0.4, 0.5) is 9.59 Å². The molecule has 12 heteroatoms. The monoisotopic (exact) mass is 584 g/mol. The van der Waals surface area contributed by atoms with E-state index < -0.39 is 59.4 Å². The fourth-order valence-corrected chi connectivity index (χ4v) is 5.20. The first-order valence-corrected chi connectivity index (χ1v) is 14.6. The Morgan fingerprint density at radius 3 is 1.78 bits per heavy atom.